The van der Waals surface area contributed by atoms with E-state index >= 15 is 0 Å². The molecule has 0 aliphatic carbocycles. The van der Waals surface area contributed by atoms with Crippen molar-refractivity contribution in [3.05, 3.63) is 65.2 Å². The molecule has 0 saturated carbocycles. The molecule has 1 N–H and O–H groups in total. The van der Waals surface area contributed by atoms with Gasteiger partial charge in [-0.05, 0) is 55.5 Å². The summed E-state index contributed by atoms with van der Waals surface area (Å²) in [4.78, 5) is 12.1. The molecule has 0 saturated heterocycles. The molecule has 0 unspecified atom stereocenters. The number of sulfonamides is 1. The minimum Gasteiger partial charge on any atom is -0.356 e. The van der Waals surface area contributed by atoms with Gasteiger partial charge >= 0.3 is 0 Å². The van der Waals surface area contributed by atoms with Gasteiger partial charge in [-0.3, -0.25) is 9.10 Å². The number of carbonyl (C=O) groups is 1. The summed E-state index contributed by atoms with van der Waals surface area (Å²) in [7, 11) is -3.45. The van der Waals surface area contributed by atoms with Gasteiger partial charge in [0.2, 0.25) is 15.9 Å². The molecule has 5 nitrogen and oxygen atoms in total. The van der Waals surface area contributed by atoms with Crippen LogP contribution in [0, 0.1) is 13.8 Å². The summed E-state index contributed by atoms with van der Waals surface area (Å²) in [6, 6.07) is 15.6. The average molecular weight is 389 g/mol. The molecule has 0 heterocycles. The molecule has 0 aliphatic heterocycles. The van der Waals surface area contributed by atoms with Gasteiger partial charge in [0.05, 0.1) is 11.9 Å². The van der Waals surface area contributed by atoms with Crippen molar-refractivity contribution in [2.24, 2.45) is 0 Å². The lowest BCUT2D eigenvalue weighted by molar-refractivity contribution is -0.120. The lowest BCUT2D eigenvalue weighted by Gasteiger charge is -2.23. The first-order valence-electron chi connectivity index (χ1n) is 9.13. The Morgan fingerprint density at radius 2 is 1.74 bits per heavy atom. The van der Waals surface area contributed by atoms with Crippen LogP contribution >= 0.6 is 0 Å². The summed E-state index contributed by atoms with van der Waals surface area (Å²) in [6.45, 7) is 4.63. The average Bonchev–Trinajstić information content (AvgIpc) is 2.61. The van der Waals surface area contributed by atoms with Crippen LogP contribution in [0.1, 0.15) is 29.5 Å². The first-order chi connectivity index (χ1) is 12.8. The largest absolute Gasteiger partial charge is 0.356 e. The van der Waals surface area contributed by atoms with Crippen molar-refractivity contribution in [2.75, 3.05) is 23.7 Å². The Kier molecular flexibility index (Phi) is 7.42. The number of nitrogens with one attached hydrogen (secondary N) is 1. The van der Waals surface area contributed by atoms with Gasteiger partial charge in [-0.15, -0.1) is 0 Å². The van der Waals surface area contributed by atoms with E-state index < -0.39 is 10.0 Å². The number of amides is 1. The molecule has 0 aromatic heterocycles. The van der Waals surface area contributed by atoms with Crippen LogP contribution in [-0.4, -0.2) is 33.7 Å². The van der Waals surface area contributed by atoms with Gasteiger partial charge in [0.15, 0.2) is 0 Å². The monoisotopic (exact) mass is 388 g/mol. The van der Waals surface area contributed by atoms with Crippen molar-refractivity contribution in [1.82, 2.24) is 5.32 Å². The summed E-state index contributed by atoms with van der Waals surface area (Å²) < 4.78 is 25.6. The van der Waals surface area contributed by atoms with Crippen molar-refractivity contribution in [3.8, 4) is 0 Å². The van der Waals surface area contributed by atoms with Crippen molar-refractivity contribution < 1.29 is 13.2 Å². The molecule has 0 spiro atoms. The van der Waals surface area contributed by atoms with Crippen LogP contribution in [0.2, 0.25) is 0 Å². The number of nitrogens with zero attached hydrogens (tertiary/aromatic N) is 1. The molecule has 2 aromatic carbocycles. The predicted octanol–water partition coefficient (Wildman–Crippen LogP) is 3.21. The zero-order valence-electron chi connectivity index (χ0n) is 16.2. The Balaban J connectivity index is 1.85. The third kappa shape index (κ3) is 6.71. The van der Waals surface area contributed by atoms with Crippen molar-refractivity contribution in [1.29, 1.82) is 0 Å². The van der Waals surface area contributed by atoms with Gasteiger partial charge < -0.3 is 5.32 Å². The molecule has 1 amide bonds. The predicted molar refractivity (Wildman–Crippen MR) is 110 cm³/mol. The zero-order chi connectivity index (χ0) is 19.9. The highest BCUT2D eigenvalue weighted by Crippen LogP contribution is 2.21. The van der Waals surface area contributed by atoms with E-state index in [1.165, 1.54) is 16.1 Å². The smallest absolute Gasteiger partial charge is 0.232 e. The Hall–Kier alpha value is -2.34. The fourth-order valence-electron chi connectivity index (χ4n) is 2.82. The summed E-state index contributed by atoms with van der Waals surface area (Å²) >= 11 is 0. The van der Waals surface area contributed by atoms with E-state index in [-0.39, 0.29) is 18.9 Å². The molecule has 0 atom stereocenters. The standard InChI is InChI=1S/C21H28N2O3S/c1-17-11-12-20(16-18(17)2)23(27(3,25)26)15-13-21(24)22-14-7-10-19-8-5-4-6-9-19/h4-6,8-9,11-12,16H,7,10,13-15H2,1-3H3,(H,22,24). The van der Waals surface area contributed by atoms with E-state index in [1.54, 1.807) is 6.07 Å². The number of benzene rings is 2. The topological polar surface area (TPSA) is 66.5 Å². The number of aryl methyl sites for hydroxylation is 3. The van der Waals surface area contributed by atoms with Crippen LogP contribution < -0.4 is 9.62 Å². The highest BCUT2D eigenvalue weighted by molar-refractivity contribution is 7.92. The number of hydrogen-bond acceptors (Lipinski definition) is 3. The van der Waals surface area contributed by atoms with E-state index in [1.807, 2.05) is 44.2 Å². The Labute approximate surface area is 162 Å². The van der Waals surface area contributed by atoms with Gasteiger partial charge in [0, 0.05) is 19.5 Å². The molecule has 27 heavy (non-hydrogen) atoms. The van der Waals surface area contributed by atoms with E-state index in [9.17, 15) is 13.2 Å². The first kappa shape index (κ1) is 21.0. The zero-order valence-corrected chi connectivity index (χ0v) is 17.1. The fourth-order valence-corrected chi connectivity index (χ4v) is 3.74. The van der Waals surface area contributed by atoms with Gasteiger partial charge in [-0.25, -0.2) is 8.42 Å². The van der Waals surface area contributed by atoms with Crippen LogP contribution in [-0.2, 0) is 21.2 Å². The van der Waals surface area contributed by atoms with Crippen molar-refractivity contribution in [2.45, 2.75) is 33.1 Å². The molecule has 0 fully saturated rings. The quantitative estimate of drug-likeness (QED) is 0.671. The second kappa shape index (κ2) is 9.55. The first-order valence-corrected chi connectivity index (χ1v) is 11.0. The van der Waals surface area contributed by atoms with Gasteiger partial charge in [-0.1, -0.05) is 36.4 Å². The van der Waals surface area contributed by atoms with Crippen LogP contribution in [0.4, 0.5) is 5.69 Å². The van der Waals surface area contributed by atoms with Gasteiger partial charge in [0.1, 0.15) is 0 Å². The molecular formula is C21H28N2O3S. The Bertz CT molecular complexity index is 864. The maximum absolute atomic E-state index is 12.2. The Morgan fingerprint density at radius 3 is 2.37 bits per heavy atom. The molecule has 6 heteroatoms. The Morgan fingerprint density at radius 1 is 1.04 bits per heavy atom. The van der Waals surface area contributed by atoms with E-state index in [0.29, 0.717) is 12.2 Å². The molecule has 2 aromatic rings. The van der Waals surface area contributed by atoms with E-state index in [2.05, 4.69) is 17.4 Å². The minimum atomic E-state index is -3.45. The second-order valence-corrected chi connectivity index (χ2v) is 8.70. The van der Waals surface area contributed by atoms with Crippen LogP contribution in [0.3, 0.4) is 0 Å². The summed E-state index contributed by atoms with van der Waals surface area (Å²) in [5.74, 6) is -0.138. The van der Waals surface area contributed by atoms with E-state index in [4.69, 9.17) is 0 Å². The molecule has 0 radical (unpaired) electrons. The minimum absolute atomic E-state index is 0.130. The van der Waals surface area contributed by atoms with Crippen molar-refractivity contribution >= 4 is 21.6 Å². The van der Waals surface area contributed by atoms with Crippen molar-refractivity contribution in [3.63, 3.8) is 0 Å². The maximum Gasteiger partial charge on any atom is 0.232 e. The number of hydrogen-bond donors (Lipinski definition) is 1. The molecule has 0 bridgehead atoms. The highest BCUT2D eigenvalue weighted by atomic mass is 32.2. The summed E-state index contributed by atoms with van der Waals surface area (Å²) in [6.07, 6.45) is 3.05. The van der Waals surface area contributed by atoms with Crippen LogP contribution in [0.5, 0.6) is 0 Å². The number of carbonyl (C=O) groups excluding carboxylic acids is 1. The van der Waals surface area contributed by atoms with Crippen LogP contribution in [0.25, 0.3) is 0 Å². The molecule has 2 rings (SSSR count). The third-order valence-corrected chi connectivity index (χ3v) is 5.72. The SMILES string of the molecule is Cc1ccc(N(CCC(=O)NCCCc2ccccc2)S(C)(=O)=O)cc1C. The number of rotatable bonds is 9. The lowest BCUT2D eigenvalue weighted by atomic mass is 10.1. The fraction of sp³-hybridized carbons (Fsp3) is 0.381. The maximum atomic E-state index is 12.2. The highest BCUT2D eigenvalue weighted by Gasteiger charge is 2.19. The lowest BCUT2D eigenvalue weighted by Crippen LogP contribution is -2.35. The van der Waals surface area contributed by atoms with E-state index in [0.717, 1.165) is 24.0 Å². The number of anilines is 1. The summed E-state index contributed by atoms with van der Waals surface area (Å²) in [5, 5.41) is 2.87. The third-order valence-electron chi connectivity index (χ3n) is 4.53. The van der Waals surface area contributed by atoms with Gasteiger partial charge in [-0.2, -0.15) is 0 Å². The normalized spacial score (nSPS) is 11.2. The van der Waals surface area contributed by atoms with Crippen LogP contribution in [0.15, 0.2) is 48.5 Å². The second-order valence-electron chi connectivity index (χ2n) is 6.79. The molecular weight excluding hydrogens is 360 g/mol. The molecule has 146 valence electrons. The summed E-state index contributed by atoms with van der Waals surface area (Å²) in [5.41, 5.74) is 3.96. The van der Waals surface area contributed by atoms with Gasteiger partial charge in [0.25, 0.3) is 0 Å². The molecule has 0 aliphatic rings.